The number of nitrogens with zero attached hydrogens (tertiary/aromatic N) is 1. The molecule has 1 N–H and O–H groups in total. The fourth-order valence-corrected chi connectivity index (χ4v) is 4.63. The van der Waals surface area contributed by atoms with Gasteiger partial charge < -0.3 is 14.5 Å². The molecule has 0 aliphatic rings. The van der Waals surface area contributed by atoms with Crippen LogP contribution in [0.3, 0.4) is 0 Å². The van der Waals surface area contributed by atoms with E-state index in [0.29, 0.717) is 22.9 Å². The topological polar surface area (TPSA) is 64.4 Å². The van der Waals surface area contributed by atoms with Crippen LogP contribution in [0.15, 0.2) is 75.6 Å². The van der Waals surface area contributed by atoms with E-state index in [2.05, 4.69) is 26.2 Å². The van der Waals surface area contributed by atoms with E-state index >= 15 is 0 Å². The zero-order valence-corrected chi connectivity index (χ0v) is 20.0. The number of hydrogen-bond acceptors (Lipinski definition) is 4. The van der Waals surface area contributed by atoms with Crippen LogP contribution in [0.1, 0.15) is 21.5 Å². The summed E-state index contributed by atoms with van der Waals surface area (Å²) in [5.74, 6) is 0.748. The van der Waals surface area contributed by atoms with Crippen LogP contribution >= 0.6 is 15.9 Å². The van der Waals surface area contributed by atoms with Crippen molar-refractivity contribution in [3.05, 3.63) is 87.9 Å². The summed E-state index contributed by atoms with van der Waals surface area (Å²) in [7, 11) is 1.56. The average molecular weight is 501 g/mol. The van der Waals surface area contributed by atoms with Crippen LogP contribution in [0, 0.1) is 13.8 Å². The highest BCUT2D eigenvalue weighted by Gasteiger charge is 2.19. The molecule has 0 aliphatic carbocycles. The van der Waals surface area contributed by atoms with Crippen molar-refractivity contribution in [1.29, 1.82) is 0 Å². The maximum atomic E-state index is 13.3. The van der Waals surface area contributed by atoms with Gasteiger partial charge in [0.25, 0.3) is 5.91 Å². The van der Waals surface area contributed by atoms with Crippen LogP contribution < -0.4 is 10.1 Å². The second-order valence-corrected chi connectivity index (χ2v) is 8.76. The molecule has 0 aliphatic heterocycles. The summed E-state index contributed by atoms with van der Waals surface area (Å²) >= 11 is 3.60. The Morgan fingerprint density at radius 3 is 2.67 bits per heavy atom. The summed E-state index contributed by atoms with van der Waals surface area (Å²) < 4.78 is 12.3. The van der Waals surface area contributed by atoms with Crippen LogP contribution in [0.5, 0.6) is 5.75 Å². The largest absolute Gasteiger partial charge is 0.495 e. The van der Waals surface area contributed by atoms with Crippen LogP contribution in [0.2, 0.25) is 0 Å². The first kappa shape index (κ1) is 21.2. The van der Waals surface area contributed by atoms with Gasteiger partial charge in [-0.15, -0.1) is 0 Å². The standard InChI is InChI=1S/C27H21BrN2O3/c1-15-8-11-23-22(12-15)30-27(33-23)18-10-9-16(2)21(14-18)29-26(31)20-13-17-6-4-5-7-19(17)24(28)25(20)32-3/h4-14H,1-3H3,(H,29,31). The van der Waals surface area contributed by atoms with Gasteiger partial charge in [0, 0.05) is 11.3 Å². The Morgan fingerprint density at radius 1 is 1.03 bits per heavy atom. The Hall–Kier alpha value is -3.64. The number of carbonyl (C=O) groups excluding carboxylic acids is 1. The summed E-state index contributed by atoms with van der Waals surface area (Å²) in [4.78, 5) is 17.9. The number of rotatable bonds is 4. The number of halogens is 1. The zero-order chi connectivity index (χ0) is 23.1. The van der Waals surface area contributed by atoms with Gasteiger partial charge in [-0.1, -0.05) is 36.4 Å². The lowest BCUT2D eigenvalue weighted by Crippen LogP contribution is -2.14. The first-order valence-corrected chi connectivity index (χ1v) is 11.3. The average Bonchev–Trinajstić information content (AvgIpc) is 3.23. The minimum absolute atomic E-state index is 0.258. The van der Waals surface area contributed by atoms with E-state index in [9.17, 15) is 4.79 Å². The lowest BCUT2D eigenvalue weighted by atomic mass is 10.0. The molecular weight excluding hydrogens is 480 g/mol. The summed E-state index contributed by atoms with van der Waals surface area (Å²) in [5, 5.41) is 4.97. The van der Waals surface area contributed by atoms with Gasteiger partial charge in [-0.2, -0.15) is 0 Å². The molecule has 33 heavy (non-hydrogen) atoms. The number of aromatic nitrogens is 1. The third-order valence-corrected chi connectivity index (χ3v) is 6.45. The quantitative estimate of drug-likeness (QED) is 0.281. The molecule has 1 aromatic heterocycles. The molecule has 164 valence electrons. The van der Waals surface area contributed by atoms with Crippen molar-refractivity contribution in [1.82, 2.24) is 4.98 Å². The molecule has 1 amide bonds. The van der Waals surface area contributed by atoms with E-state index in [1.807, 2.05) is 80.6 Å². The molecule has 5 nitrogen and oxygen atoms in total. The molecule has 0 spiro atoms. The molecule has 6 heteroatoms. The third kappa shape index (κ3) is 3.87. The van der Waals surface area contributed by atoms with E-state index in [1.165, 1.54) is 0 Å². The highest BCUT2D eigenvalue weighted by molar-refractivity contribution is 9.10. The van der Waals surface area contributed by atoms with Crippen molar-refractivity contribution in [2.75, 3.05) is 12.4 Å². The van der Waals surface area contributed by atoms with Crippen LogP contribution in [-0.2, 0) is 0 Å². The molecule has 0 unspecified atom stereocenters. The van der Waals surface area contributed by atoms with Gasteiger partial charge in [0.1, 0.15) is 11.3 Å². The third-order valence-electron chi connectivity index (χ3n) is 5.67. The maximum Gasteiger partial charge on any atom is 0.259 e. The lowest BCUT2D eigenvalue weighted by Gasteiger charge is -2.15. The van der Waals surface area contributed by atoms with E-state index in [0.717, 1.165) is 43.0 Å². The first-order chi connectivity index (χ1) is 15.9. The lowest BCUT2D eigenvalue weighted by molar-refractivity contribution is 0.102. The van der Waals surface area contributed by atoms with Crippen molar-refractivity contribution < 1.29 is 13.9 Å². The van der Waals surface area contributed by atoms with Gasteiger partial charge in [-0.3, -0.25) is 4.79 Å². The van der Waals surface area contributed by atoms with Crippen molar-refractivity contribution in [3.8, 4) is 17.2 Å². The number of anilines is 1. The number of carbonyl (C=O) groups is 1. The number of amides is 1. The number of oxazole rings is 1. The minimum Gasteiger partial charge on any atom is -0.495 e. The predicted octanol–water partition coefficient (Wildman–Crippen LogP) is 7.29. The van der Waals surface area contributed by atoms with Crippen molar-refractivity contribution in [2.45, 2.75) is 13.8 Å². The number of aryl methyl sites for hydroxylation is 2. The van der Waals surface area contributed by atoms with Crippen LogP contribution in [-0.4, -0.2) is 18.0 Å². The van der Waals surface area contributed by atoms with Crippen LogP contribution in [0.25, 0.3) is 33.3 Å². The van der Waals surface area contributed by atoms with Gasteiger partial charge in [-0.05, 0) is 82.0 Å². The molecule has 0 bridgehead atoms. The number of nitrogens with one attached hydrogen (secondary N) is 1. The SMILES string of the molecule is COc1c(C(=O)Nc2cc(-c3nc4cc(C)ccc4o3)ccc2C)cc2ccccc2c1Br. The second kappa shape index (κ2) is 8.37. The number of ether oxygens (including phenoxy) is 1. The fraction of sp³-hybridized carbons (Fsp3) is 0.111. The fourth-order valence-electron chi connectivity index (χ4n) is 3.89. The molecule has 0 saturated carbocycles. The highest BCUT2D eigenvalue weighted by atomic mass is 79.9. The molecule has 5 aromatic rings. The monoisotopic (exact) mass is 500 g/mol. The van der Waals surface area contributed by atoms with Crippen molar-refractivity contribution in [3.63, 3.8) is 0 Å². The number of fused-ring (bicyclic) bond motifs is 2. The predicted molar refractivity (Wildman–Crippen MR) is 135 cm³/mol. The van der Waals surface area contributed by atoms with Gasteiger partial charge in [0.2, 0.25) is 5.89 Å². The van der Waals surface area contributed by atoms with Gasteiger partial charge in [0.05, 0.1) is 17.1 Å². The Kier molecular flexibility index (Phi) is 5.38. The summed E-state index contributed by atoms with van der Waals surface area (Å²) in [6, 6.07) is 21.4. The molecule has 0 radical (unpaired) electrons. The molecule has 0 fully saturated rings. The van der Waals surface area contributed by atoms with Gasteiger partial charge in [0.15, 0.2) is 5.58 Å². The van der Waals surface area contributed by atoms with Crippen LogP contribution in [0.4, 0.5) is 5.69 Å². The Bertz CT molecular complexity index is 1540. The second-order valence-electron chi connectivity index (χ2n) is 7.97. The van der Waals surface area contributed by atoms with E-state index in [-0.39, 0.29) is 5.91 Å². The molecular formula is C27H21BrN2O3. The molecule has 5 rings (SSSR count). The Balaban J connectivity index is 1.52. The number of hydrogen-bond donors (Lipinski definition) is 1. The smallest absolute Gasteiger partial charge is 0.259 e. The van der Waals surface area contributed by atoms with Gasteiger partial charge >= 0.3 is 0 Å². The number of methoxy groups -OCH3 is 1. The Morgan fingerprint density at radius 2 is 1.85 bits per heavy atom. The Labute approximate surface area is 199 Å². The number of benzene rings is 4. The highest BCUT2D eigenvalue weighted by Crippen LogP contribution is 2.37. The summed E-state index contributed by atoms with van der Waals surface area (Å²) in [5.41, 5.74) is 5.51. The van der Waals surface area contributed by atoms with Crippen molar-refractivity contribution >= 4 is 49.4 Å². The van der Waals surface area contributed by atoms with E-state index < -0.39 is 0 Å². The van der Waals surface area contributed by atoms with E-state index in [1.54, 1.807) is 7.11 Å². The zero-order valence-electron chi connectivity index (χ0n) is 18.4. The van der Waals surface area contributed by atoms with E-state index in [4.69, 9.17) is 9.15 Å². The van der Waals surface area contributed by atoms with Gasteiger partial charge in [-0.25, -0.2) is 4.98 Å². The normalized spacial score (nSPS) is 11.2. The molecule has 1 heterocycles. The van der Waals surface area contributed by atoms with Crippen molar-refractivity contribution in [2.24, 2.45) is 0 Å². The molecule has 0 saturated heterocycles. The summed E-state index contributed by atoms with van der Waals surface area (Å²) in [6.07, 6.45) is 0. The maximum absolute atomic E-state index is 13.3. The molecule has 4 aromatic carbocycles. The minimum atomic E-state index is -0.258. The first-order valence-electron chi connectivity index (χ1n) is 10.5. The molecule has 0 atom stereocenters. The summed E-state index contributed by atoms with van der Waals surface area (Å²) in [6.45, 7) is 3.97.